The van der Waals surface area contributed by atoms with Gasteiger partial charge in [0.2, 0.25) is 0 Å². The molecule has 3 rings (SSSR count). The summed E-state index contributed by atoms with van der Waals surface area (Å²) in [5.74, 6) is 0.364. The highest BCUT2D eigenvalue weighted by Crippen LogP contribution is 2.36. The third-order valence-electron chi connectivity index (χ3n) is 3.76. The van der Waals surface area contributed by atoms with Gasteiger partial charge in [-0.1, -0.05) is 6.07 Å². The second-order valence-corrected chi connectivity index (χ2v) is 6.66. The number of nitrogens with one attached hydrogen (secondary N) is 1. The molecule has 0 aliphatic rings. The first-order valence-electron chi connectivity index (χ1n) is 7.78. The standard InChI is InChI=1S/C19H17FN2O3S/c1-11-17(12-7-8-15(24-2)16(10-12)25-3)21-19(26-11)22-18(23)13-5-4-6-14(20)9-13/h4-10H,1-3H3,(H,21,22,23). The van der Waals surface area contributed by atoms with Crippen LogP contribution in [0.1, 0.15) is 15.2 Å². The van der Waals surface area contributed by atoms with Gasteiger partial charge in [0.15, 0.2) is 16.6 Å². The largest absolute Gasteiger partial charge is 0.493 e. The smallest absolute Gasteiger partial charge is 0.257 e. The number of anilines is 1. The average Bonchev–Trinajstić information content (AvgIpc) is 3.01. The van der Waals surface area contributed by atoms with E-state index in [4.69, 9.17) is 9.47 Å². The normalized spacial score (nSPS) is 10.5. The minimum Gasteiger partial charge on any atom is -0.493 e. The molecule has 1 aromatic heterocycles. The molecule has 3 aromatic rings. The summed E-state index contributed by atoms with van der Waals surface area (Å²) in [5.41, 5.74) is 1.83. The molecule has 0 spiro atoms. The van der Waals surface area contributed by atoms with E-state index in [1.807, 2.05) is 19.1 Å². The van der Waals surface area contributed by atoms with Crippen LogP contribution < -0.4 is 14.8 Å². The predicted octanol–water partition coefficient (Wildman–Crippen LogP) is 4.53. The first kappa shape index (κ1) is 17.9. The number of carbonyl (C=O) groups excluding carboxylic acids is 1. The van der Waals surface area contributed by atoms with Crippen LogP contribution in [0, 0.1) is 12.7 Å². The fourth-order valence-electron chi connectivity index (χ4n) is 2.50. The maximum Gasteiger partial charge on any atom is 0.257 e. The van der Waals surface area contributed by atoms with Crippen molar-refractivity contribution in [1.82, 2.24) is 4.98 Å². The fourth-order valence-corrected chi connectivity index (χ4v) is 3.33. The van der Waals surface area contributed by atoms with Gasteiger partial charge in [-0.2, -0.15) is 0 Å². The highest BCUT2D eigenvalue weighted by molar-refractivity contribution is 7.16. The molecule has 0 fully saturated rings. The number of carbonyl (C=O) groups is 1. The van der Waals surface area contributed by atoms with Gasteiger partial charge in [0.05, 0.1) is 19.9 Å². The number of amides is 1. The molecule has 134 valence electrons. The van der Waals surface area contributed by atoms with Crippen LogP contribution in [-0.2, 0) is 0 Å². The topological polar surface area (TPSA) is 60.5 Å². The molecule has 5 nitrogen and oxygen atoms in total. The van der Waals surface area contributed by atoms with Gasteiger partial charge in [0.1, 0.15) is 5.82 Å². The second-order valence-electron chi connectivity index (χ2n) is 5.46. The minimum absolute atomic E-state index is 0.241. The van der Waals surface area contributed by atoms with E-state index in [1.54, 1.807) is 26.4 Å². The summed E-state index contributed by atoms with van der Waals surface area (Å²) in [7, 11) is 3.14. The van der Waals surface area contributed by atoms with Crippen LogP contribution in [0.25, 0.3) is 11.3 Å². The number of benzene rings is 2. The molecule has 0 radical (unpaired) electrons. The number of ether oxygens (including phenoxy) is 2. The van der Waals surface area contributed by atoms with Gasteiger partial charge in [0, 0.05) is 16.0 Å². The molecule has 0 aliphatic carbocycles. The van der Waals surface area contributed by atoms with Crippen molar-refractivity contribution in [3.8, 4) is 22.8 Å². The van der Waals surface area contributed by atoms with E-state index in [-0.39, 0.29) is 5.56 Å². The predicted molar refractivity (Wildman–Crippen MR) is 99.7 cm³/mol. The first-order chi connectivity index (χ1) is 12.5. The molecule has 1 amide bonds. The lowest BCUT2D eigenvalue weighted by Gasteiger charge is -2.08. The first-order valence-corrected chi connectivity index (χ1v) is 8.60. The average molecular weight is 372 g/mol. The number of aromatic nitrogens is 1. The van der Waals surface area contributed by atoms with Crippen molar-refractivity contribution in [2.45, 2.75) is 6.92 Å². The van der Waals surface area contributed by atoms with Gasteiger partial charge in [-0.05, 0) is 43.3 Å². The molecule has 7 heteroatoms. The van der Waals surface area contributed by atoms with E-state index in [0.717, 1.165) is 16.1 Å². The molecule has 0 bridgehead atoms. The third-order valence-corrected chi connectivity index (χ3v) is 4.65. The number of thiazole rings is 1. The maximum atomic E-state index is 13.3. The van der Waals surface area contributed by atoms with Gasteiger partial charge in [-0.25, -0.2) is 9.37 Å². The van der Waals surface area contributed by atoms with Crippen molar-refractivity contribution in [3.05, 3.63) is 58.7 Å². The number of methoxy groups -OCH3 is 2. The van der Waals surface area contributed by atoms with Gasteiger partial charge in [-0.3, -0.25) is 10.1 Å². The Morgan fingerprint density at radius 1 is 1.12 bits per heavy atom. The van der Waals surface area contributed by atoms with Gasteiger partial charge < -0.3 is 9.47 Å². The van der Waals surface area contributed by atoms with Crippen molar-refractivity contribution < 1.29 is 18.7 Å². The Labute approximate surface area is 154 Å². The maximum absolute atomic E-state index is 13.3. The summed E-state index contributed by atoms with van der Waals surface area (Å²) in [5, 5.41) is 3.16. The molecule has 0 unspecified atom stereocenters. The highest BCUT2D eigenvalue weighted by atomic mass is 32.1. The zero-order chi connectivity index (χ0) is 18.7. The third kappa shape index (κ3) is 3.67. The molecule has 2 aromatic carbocycles. The fraction of sp³-hybridized carbons (Fsp3) is 0.158. The van der Waals surface area contributed by atoms with E-state index >= 15 is 0 Å². The lowest BCUT2D eigenvalue weighted by molar-refractivity contribution is 0.102. The van der Waals surface area contributed by atoms with Gasteiger partial charge in [0.25, 0.3) is 5.91 Å². The lowest BCUT2D eigenvalue weighted by Crippen LogP contribution is -2.11. The van der Waals surface area contributed by atoms with Crippen LogP contribution in [0.3, 0.4) is 0 Å². The van der Waals surface area contributed by atoms with E-state index in [9.17, 15) is 9.18 Å². The zero-order valence-corrected chi connectivity index (χ0v) is 15.3. The minimum atomic E-state index is -0.459. The Balaban J connectivity index is 1.86. The summed E-state index contributed by atoms with van der Waals surface area (Å²) in [6, 6.07) is 11.0. The van der Waals surface area contributed by atoms with Gasteiger partial charge in [-0.15, -0.1) is 11.3 Å². The number of rotatable bonds is 5. The van der Waals surface area contributed by atoms with Crippen LogP contribution in [-0.4, -0.2) is 25.1 Å². The monoisotopic (exact) mass is 372 g/mol. The number of nitrogens with zero attached hydrogens (tertiary/aromatic N) is 1. The van der Waals surface area contributed by atoms with Crippen molar-refractivity contribution >= 4 is 22.4 Å². The van der Waals surface area contributed by atoms with Crippen LogP contribution in [0.15, 0.2) is 42.5 Å². The molecule has 1 heterocycles. The molecule has 0 aliphatic heterocycles. The molecule has 26 heavy (non-hydrogen) atoms. The van der Waals surface area contributed by atoms with Crippen LogP contribution >= 0.6 is 11.3 Å². The summed E-state index contributed by atoms with van der Waals surface area (Å²) in [6.07, 6.45) is 0. The summed E-state index contributed by atoms with van der Waals surface area (Å²) < 4.78 is 23.8. The van der Waals surface area contributed by atoms with Crippen molar-refractivity contribution in [1.29, 1.82) is 0 Å². The van der Waals surface area contributed by atoms with Crippen LogP contribution in [0.5, 0.6) is 11.5 Å². The number of hydrogen-bond donors (Lipinski definition) is 1. The van der Waals surface area contributed by atoms with Crippen molar-refractivity contribution in [3.63, 3.8) is 0 Å². The Morgan fingerprint density at radius 2 is 1.88 bits per heavy atom. The van der Waals surface area contributed by atoms with E-state index in [0.29, 0.717) is 16.6 Å². The van der Waals surface area contributed by atoms with E-state index in [2.05, 4.69) is 10.3 Å². The molecular formula is C19H17FN2O3S. The van der Waals surface area contributed by atoms with Gasteiger partial charge >= 0.3 is 0 Å². The quantitative estimate of drug-likeness (QED) is 0.715. The van der Waals surface area contributed by atoms with E-state index in [1.165, 1.54) is 29.5 Å². The van der Waals surface area contributed by atoms with Crippen LogP contribution in [0.4, 0.5) is 9.52 Å². The Morgan fingerprint density at radius 3 is 2.58 bits per heavy atom. The second kappa shape index (κ2) is 7.53. The molecule has 0 saturated carbocycles. The SMILES string of the molecule is COc1ccc(-c2nc(NC(=O)c3cccc(F)c3)sc2C)cc1OC. The van der Waals surface area contributed by atoms with Crippen molar-refractivity contribution in [2.24, 2.45) is 0 Å². The lowest BCUT2D eigenvalue weighted by atomic mass is 10.1. The summed E-state index contributed by atoms with van der Waals surface area (Å²) in [4.78, 5) is 17.7. The van der Waals surface area contributed by atoms with Crippen LogP contribution in [0.2, 0.25) is 0 Å². The Bertz CT molecular complexity index is 956. The molecule has 1 N–H and O–H groups in total. The number of hydrogen-bond acceptors (Lipinski definition) is 5. The zero-order valence-electron chi connectivity index (χ0n) is 14.5. The summed E-state index contributed by atoms with van der Waals surface area (Å²) in [6.45, 7) is 1.92. The molecular weight excluding hydrogens is 355 g/mol. The Hall–Kier alpha value is -2.93. The van der Waals surface area contributed by atoms with Crippen molar-refractivity contribution in [2.75, 3.05) is 19.5 Å². The highest BCUT2D eigenvalue weighted by Gasteiger charge is 2.15. The Kier molecular flexibility index (Phi) is 5.18. The number of aryl methyl sites for hydroxylation is 1. The molecule has 0 atom stereocenters. The number of halogens is 1. The van der Waals surface area contributed by atoms with E-state index < -0.39 is 11.7 Å². The summed E-state index contributed by atoms with van der Waals surface area (Å²) >= 11 is 1.35. The molecule has 0 saturated heterocycles.